The van der Waals surface area contributed by atoms with E-state index in [1.54, 1.807) is 0 Å². The number of allylic oxidation sites excluding steroid dienone is 10. The summed E-state index contributed by atoms with van der Waals surface area (Å²) in [6.45, 7) is 5.81. The van der Waals surface area contributed by atoms with Crippen molar-refractivity contribution in [2.45, 2.75) is 263 Å². The van der Waals surface area contributed by atoms with Crippen LogP contribution in [0.1, 0.15) is 226 Å². The molecule has 1 heterocycles. The lowest BCUT2D eigenvalue weighted by Crippen LogP contribution is -2.61. The number of carboxylic acid groups (broad SMARTS) is 1. The lowest BCUT2D eigenvalue weighted by atomic mass is 9.98. The Kier molecular flexibility index (Phi) is 41.9. The van der Waals surface area contributed by atoms with E-state index in [9.17, 15) is 34.5 Å². The number of carbonyl (C=O) groups is 4. The molecule has 0 radical (unpaired) electrons. The fraction of sp³-hybridized carbons (Fsp3) is 0.754. The van der Waals surface area contributed by atoms with Crippen LogP contribution in [0.5, 0.6) is 0 Å². The zero-order chi connectivity index (χ0) is 50.4. The number of hydrogen-bond donors (Lipinski definition) is 3. The van der Waals surface area contributed by atoms with Gasteiger partial charge < -0.3 is 39.0 Å². The van der Waals surface area contributed by atoms with Gasteiger partial charge in [0.05, 0.1) is 6.61 Å². The fourth-order valence-corrected chi connectivity index (χ4v) is 7.77. The van der Waals surface area contributed by atoms with Crippen LogP contribution in [0.4, 0.5) is 0 Å². The van der Waals surface area contributed by atoms with Gasteiger partial charge in [-0.15, -0.1) is 0 Å². The number of ether oxygens (including phenoxy) is 5. The number of rotatable bonds is 45. The Balaban J connectivity index is 2.73. The third-order valence-electron chi connectivity index (χ3n) is 12.0. The highest BCUT2D eigenvalue weighted by atomic mass is 16.7. The van der Waals surface area contributed by atoms with E-state index in [1.165, 1.54) is 32.1 Å². The molecule has 12 heteroatoms. The van der Waals surface area contributed by atoms with Crippen molar-refractivity contribution >= 4 is 23.9 Å². The van der Waals surface area contributed by atoms with Crippen molar-refractivity contribution in [1.29, 1.82) is 0 Å². The van der Waals surface area contributed by atoms with Gasteiger partial charge in [-0.05, 0) is 96.3 Å². The van der Waals surface area contributed by atoms with E-state index >= 15 is 0 Å². The second-order valence-electron chi connectivity index (χ2n) is 18.5. The zero-order valence-corrected chi connectivity index (χ0v) is 43.3. The number of unbranched alkanes of at least 4 members (excludes halogenated alkanes) is 21. The van der Waals surface area contributed by atoms with Gasteiger partial charge in [0.15, 0.2) is 24.6 Å². The molecule has 0 aliphatic carbocycles. The minimum Gasteiger partial charge on any atom is -0.479 e. The SMILES string of the molecule is CCC/C=C\C/C=C\CCCCCCCC(=O)OCC(COC1OC(C(=O)O)C(O)C(O)C1OC(=O)CCCCCCC/C=C\C/C=C\CCCCC)OC(=O)CCCCCCC/C=C\CCCC. The van der Waals surface area contributed by atoms with Gasteiger partial charge in [0.2, 0.25) is 0 Å². The number of aliphatic hydroxyl groups excluding tert-OH is 2. The molecule has 0 aromatic rings. The number of aliphatic carboxylic acids is 1. The molecule has 69 heavy (non-hydrogen) atoms. The number of carboxylic acids is 1. The van der Waals surface area contributed by atoms with Gasteiger partial charge in [0.1, 0.15) is 18.8 Å². The molecule has 1 aliphatic rings. The summed E-state index contributed by atoms with van der Waals surface area (Å²) < 4.78 is 28.3. The molecule has 396 valence electrons. The molecule has 0 bridgehead atoms. The molecule has 0 spiro atoms. The maximum atomic E-state index is 13.1. The van der Waals surface area contributed by atoms with Crippen molar-refractivity contribution in [2.24, 2.45) is 0 Å². The van der Waals surface area contributed by atoms with E-state index in [2.05, 4.69) is 81.5 Å². The highest BCUT2D eigenvalue weighted by molar-refractivity contribution is 5.74. The van der Waals surface area contributed by atoms with Gasteiger partial charge in [-0.25, -0.2) is 4.79 Å². The Morgan fingerprint density at radius 3 is 1.42 bits per heavy atom. The molecule has 12 nitrogen and oxygen atoms in total. The summed E-state index contributed by atoms with van der Waals surface area (Å²) in [6, 6.07) is 0. The standard InChI is InChI=1S/C57H96O12/c1-4-7-10-13-16-19-22-24-25-27-30-33-36-39-42-45-51(60)68-55-53(62)52(61)54(56(63)64)69-57(55)66-47-48(67-50(59)44-41-38-35-32-28-21-18-15-12-9-6-3)46-65-49(58)43-40-37-34-31-29-26-23-20-17-14-11-8-5-2/h11,14-16,18-20,23-25,48,52-55,57,61-62H,4-10,12-13,17,21-22,26-47H2,1-3H3,(H,63,64)/b14-11-,18-15-,19-16-,23-20-,25-24-. The van der Waals surface area contributed by atoms with Crippen LogP contribution in [-0.2, 0) is 42.9 Å². The van der Waals surface area contributed by atoms with Crippen LogP contribution in [0.25, 0.3) is 0 Å². The summed E-state index contributed by atoms with van der Waals surface area (Å²) in [5.41, 5.74) is 0. The van der Waals surface area contributed by atoms with Crippen LogP contribution < -0.4 is 0 Å². The van der Waals surface area contributed by atoms with Crippen molar-refractivity contribution in [3.8, 4) is 0 Å². The van der Waals surface area contributed by atoms with Crippen LogP contribution in [0.3, 0.4) is 0 Å². The monoisotopic (exact) mass is 973 g/mol. The van der Waals surface area contributed by atoms with Gasteiger partial charge >= 0.3 is 23.9 Å². The first-order chi connectivity index (χ1) is 33.6. The average molecular weight is 973 g/mol. The number of esters is 3. The van der Waals surface area contributed by atoms with Gasteiger partial charge in [-0.3, -0.25) is 14.4 Å². The molecule has 0 amide bonds. The summed E-state index contributed by atoms with van der Waals surface area (Å²) in [5, 5.41) is 31.4. The Bertz CT molecular complexity index is 1440. The fourth-order valence-electron chi connectivity index (χ4n) is 7.77. The van der Waals surface area contributed by atoms with Crippen LogP contribution in [0.2, 0.25) is 0 Å². The number of carbonyl (C=O) groups excluding carboxylic acids is 3. The van der Waals surface area contributed by atoms with Gasteiger partial charge in [-0.2, -0.15) is 0 Å². The molecular weight excluding hydrogens is 877 g/mol. The first-order valence-electron chi connectivity index (χ1n) is 27.3. The Labute approximate surface area is 417 Å². The number of aliphatic hydroxyl groups is 2. The van der Waals surface area contributed by atoms with E-state index in [4.69, 9.17) is 23.7 Å². The largest absolute Gasteiger partial charge is 0.479 e. The lowest BCUT2D eigenvalue weighted by Gasteiger charge is -2.40. The first kappa shape index (κ1) is 63.4. The first-order valence-corrected chi connectivity index (χ1v) is 27.3. The Morgan fingerprint density at radius 2 is 0.913 bits per heavy atom. The van der Waals surface area contributed by atoms with E-state index < -0.39 is 67.3 Å². The van der Waals surface area contributed by atoms with Crippen LogP contribution in [-0.4, -0.2) is 89.2 Å². The maximum absolute atomic E-state index is 13.1. The highest BCUT2D eigenvalue weighted by Crippen LogP contribution is 2.26. The predicted octanol–water partition coefficient (Wildman–Crippen LogP) is 13.2. The van der Waals surface area contributed by atoms with E-state index in [0.717, 1.165) is 135 Å². The molecule has 6 unspecified atom stereocenters. The third kappa shape index (κ3) is 36.1. The Morgan fingerprint density at radius 1 is 0.478 bits per heavy atom. The molecule has 0 aromatic carbocycles. The lowest BCUT2D eigenvalue weighted by molar-refractivity contribution is -0.301. The topological polar surface area (TPSA) is 175 Å². The molecule has 1 rings (SSSR count). The van der Waals surface area contributed by atoms with Crippen LogP contribution in [0.15, 0.2) is 60.8 Å². The normalized spacial score (nSPS) is 19.1. The Hall–Kier alpha value is -3.58. The quantitative estimate of drug-likeness (QED) is 0.0228. The predicted molar refractivity (Wildman–Crippen MR) is 275 cm³/mol. The van der Waals surface area contributed by atoms with Gasteiger partial charge in [0.25, 0.3) is 0 Å². The van der Waals surface area contributed by atoms with Crippen molar-refractivity contribution in [3.63, 3.8) is 0 Å². The maximum Gasteiger partial charge on any atom is 0.335 e. The summed E-state index contributed by atoms with van der Waals surface area (Å²) in [7, 11) is 0. The molecule has 1 aliphatic heterocycles. The van der Waals surface area contributed by atoms with Gasteiger partial charge in [0, 0.05) is 19.3 Å². The van der Waals surface area contributed by atoms with Crippen LogP contribution >= 0.6 is 0 Å². The van der Waals surface area contributed by atoms with Crippen molar-refractivity contribution in [3.05, 3.63) is 60.8 Å². The molecule has 1 fully saturated rings. The third-order valence-corrected chi connectivity index (χ3v) is 12.0. The zero-order valence-electron chi connectivity index (χ0n) is 43.3. The molecule has 3 N–H and O–H groups in total. The van der Waals surface area contributed by atoms with Crippen LogP contribution in [0, 0.1) is 0 Å². The second-order valence-corrected chi connectivity index (χ2v) is 18.5. The van der Waals surface area contributed by atoms with Gasteiger partial charge in [-0.1, -0.05) is 171 Å². The summed E-state index contributed by atoms with van der Waals surface area (Å²) in [6.07, 6.45) is 42.0. The highest BCUT2D eigenvalue weighted by Gasteiger charge is 2.50. The van der Waals surface area contributed by atoms with Crippen molar-refractivity contribution in [1.82, 2.24) is 0 Å². The average Bonchev–Trinajstić information content (AvgIpc) is 3.33. The van der Waals surface area contributed by atoms with Crippen molar-refractivity contribution in [2.75, 3.05) is 13.2 Å². The smallest absolute Gasteiger partial charge is 0.335 e. The minimum absolute atomic E-state index is 0.0414. The van der Waals surface area contributed by atoms with E-state index in [-0.39, 0.29) is 25.9 Å². The molecule has 0 aromatic heterocycles. The summed E-state index contributed by atoms with van der Waals surface area (Å²) in [5.74, 6) is -3.17. The summed E-state index contributed by atoms with van der Waals surface area (Å²) in [4.78, 5) is 50.9. The van der Waals surface area contributed by atoms with E-state index in [0.29, 0.717) is 19.3 Å². The second kappa shape index (κ2) is 45.6. The minimum atomic E-state index is -1.91. The molecule has 0 saturated carbocycles. The number of hydrogen-bond acceptors (Lipinski definition) is 11. The molecule has 1 saturated heterocycles. The van der Waals surface area contributed by atoms with E-state index in [1.807, 2.05) is 0 Å². The summed E-state index contributed by atoms with van der Waals surface area (Å²) >= 11 is 0. The molecular formula is C57H96O12. The molecule has 6 atom stereocenters. The van der Waals surface area contributed by atoms with Crippen molar-refractivity contribution < 1.29 is 58.2 Å².